The van der Waals surface area contributed by atoms with Crippen LogP contribution >= 0.6 is 0 Å². The molecule has 1 saturated heterocycles. The van der Waals surface area contributed by atoms with E-state index in [0.717, 1.165) is 141 Å². The van der Waals surface area contributed by atoms with Gasteiger partial charge in [0.15, 0.2) is 6.07 Å². The fourth-order valence-electron chi connectivity index (χ4n) is 12.3. The minimum Gasteiger partial charge on any atom is -0.372 e. The van der Waals surface area contributed by atoms with Crippen molar-refractivity contribution in [2.75, 3.05) is 18.0 Å². The summed E-state index contributed by atoms with van der Waals surface area (Å²) < 4.78 is 0. The molecule has 14 rings (SSSR count). The van der Waals surface area contributed by atoms with Gasteiger partial charge in [0, 0.05) is 91.1 Å². The van der Waals surface area contributed by atoms with E-state index >= 15 is 0 Å². The van der Waals surface area contributed by atoms with Crippen LogP contribution in [0.4, 0.5) is 5.69 Å². The minimum absolute atomic E-state index is 0.234. The van der Waals surface area contributed by atoms with Crippen molar-refractivity contribution in [1.82, 2.24) is 0 Å². The number of allylic oxidation sites excluding steroid dienone is 2. The zero-order valence-electron chi connectivity index (χ0n) is 46.1. The highest BCUT2D eigenvalue weighted by molar-refractivity contribution is 6.13. The Labute approximate surface area is 497 Å². The molecule has 0 radical (unpaired) electrons. The molecular weight excluding hydrogens is 1050 g/mol. The number of anilines is 1. The van der Waals surface area contributed by atoms with Gasteiger partial charge in [0.25, 0.3) is 0 Å². The van der Waals surface area contributed by atoms with Crippen LogP contribution in [0.5, 0.6) is 0 Å². The lowest BCUT2D eigenvalue weighted by atomic mass is 9.86. The van der Waals surface area contributed by atoms with Gasteiger partial charge in [0.2, 0.25) is 0 Å². The van der Waals surface area contributed by atoms with Gasteiger partial charge in [-0.25, -0.2) is 0 Å². The Bertz CT molecular complexity index is 5540. The van der Waals surface area contributed by atoms with Gasteiger partial charge < -0.3 is 4.90 Å². The summed E-state index contributed by atoms with van der Waals surface area (Å²) in [5.41, 5.74) is 10.1. The maximum atomic E-state index is 12.0. The van der Waals surface area contributed by atoms with Crippen molar-refractivity contribution in [3.63, 3.8) is 0 Å². The van der Waals surface area contributed by atoms with Gasteiger partial charge in [-0.1, -0.05) is 187 Å². The zero-order valence-corrected chi connectivity index (χ0v) is 46.1. The summed E-state index contributed by atoms with van der Waals surface area (Å²) in [7, 11) is 0. The first-order valence-electron chi connectivity index (χ1n) is 28.1. The van der Waals surface area contributed by atoms with Crippen LogP contribution < -0.4 is 4.90 Å². The highest BCUT2D eigenvalue weighted by Crippen LogP contribution is 2.43. The smallest absolute Gasteiger partial charge is 0.363 e. The number of nitrogens with zero attached hydrogens (tertiary/aromatic N) is 4. The van der Waals surface area contributed by atoms with Crippen molar-refractivity contribution >= 4 is 75.9 Å². The third-order valence-corrected chi connectivity index (χ3v) is 16.3. The average molecular weight is 1090 g/mol. The van der Waals surface area contributed by atoms with Crippen molar-refractivity contribution in [3.8, 4) is 117 Å². The molecule has 1 fully saturated rings. The summed E-state index contributed by atoms with van der Waals surface area (Å²) in [5.74, 6) is 40.7. The first-order chi connectivity index (χ1) is 42.4. The fraction of sp³-hybridized carbons (Fsp3) is 0.0500. The summed E-state index contributed by atoms with van der Waals surface area (Å²) >= 11 is 0. The van der Waals surface area contributed by atoms with Gasteiger partial charge in [-0.05, 0) is 168 Å². The predicted molar refractivity (Wildman–Crippen MR) is 349 cm³/mol. The molecule has 0 saturated carbocycles. The minimum atomic E-state index is -0.836. The molecule has 12 aromatic carbocycles. The normalized spacial score (nSPS) is 12.5. The summed E-state index contributed by atoms with van der Waals surface area (Å²) in [6, 6.07) is 73.2. The summed E-state index contributed by atoms with van der Waals surface area (Å²) in [6.07, 6.45) is 2.33. The van der Waals surface area contributed by atoms with Gasteiger partial charge >= 0.3 is 5.70 Å². The molecule has 1 aliphatic carbocycles. The highest BCUT2D eigenvalue weighted by atomic mass is 16.6. The third kappa shape index (κ3) is 9.29. The van der Waals surface area contributed by atoms with E-state index in [-0.39, 0.29) is 11.1 Å². The van der Waals surface area contributed by atoms with Crippen LogP contribution in [0, 0.1) is 104 Å². The van der Waals surface area contributed by atoms with Crippen LogP contribution in [0.2, 0.25) is 0 Å². The van der Waals surface area contributed by atoms with E-state index in [9.17, 15) is 20.6 Å². The molecule has 86 heavy (non-hydrogen) atoms. The molecule has 0 spiro atoms. The first kappa shape index (κ1) is 51.6. The van der Waals surface area contributed by atoms with Crippen LogP contribution in [-0.4, -0.2) is 18.0 Å². The van der Waals surface area contributed by atoms with E-state index in [0.29, 0.717) is 16.5 Å². The van der Waals surface area contributed by atoms with Crippen molar-refractivity contribution in [1.29, 1.82) is 10.5 Å². The van der Waals surface area contributed by atoms with Crippen LogP contribution in [0.3, 0.4) is 0 Å². The van der Waals surface area contributed by atoms with Crippen molar-refractivity contribution in [2.45, 2.75) is 12.8 Å². The van der Waals surface area contributed by atoms with E-state index < -0.39 is 10.6 Å². The highest BCUT2D eigenvalue weighted by Gasteiger charge is 2.24. The van der Waals surface area contributed by atoms with E-state index in [1.165, 1.54) is 5.69 Å². The molecule has 1 aliphatic heterocycles. The summed E-state index contributed by atoms with van der Waals surface area (Å²) in [4.78, 5) is 13.7. The molecule has 0 amide bonds. The number of benzene rings is 12. The molecule has 394 valence electrons. The number of rotatable bonds is 3. The SMILES string of the molecule is N#C/C(=C(/C#N)[N+](=O)[O-])c1ccc2c3c(ccc2c1)C#CC#Cc1ccc2cc(N4CCCC4)ccc2c1-c1c(ccc2ccccc12)C#CC#Cc1ccc2ccccc2c1-c1c(ccc2ccccc12)C#CC#Cc1ccc2ccccc2c1-3. The number of nitro groups is 1. The van der Waals surface area contributed by atoms with Gasteiger partial charge in [-0.15, -0.1) is 0 Å². The van der Waals surface area contributed by atoms with Crippen molar-refractivity contribution in [3.05, 3.63) is 261 Å². The monoisotopic (exact) mass is 1090 g/mol. The van der Waals surface area contributed by atoms with Gasteiger partial charge in [0.1, 0.15) is 11.6 Å². The Hall–Kier alpha value is -12.5. The lowest BCUT2D eigenvalue weighted by Crippen LogP contribution is -2.17. The largest absolute Gasteiger partial charge is 0.372 e. The van der Waals surface area contributed by atoms with Crippen molar-refractivity contribution in [2.24, 2.45) is 0 Å². The number of nitriles is 2. The van der Waals surface area contributed by atoms with Crippen LogP contribution in [0.25, 0.3) is 104 Å². The second-order valence-electron chi connectivity index (χ2n) is 21.1. The summed E-state index contributed by atoms with van der Waals surface area (Å²) in [5, 5.41) is 43.7. The molecule has 0 unspecified atom stereocenters. The van der Waals surface area contributed by atoms with E-state index in [1.807, 2.05) is 66.7 Å². The Morgan fingerprint density at radius 3 is 1.02 bits per heavy atom. The Morgan fingerprint density at radius 1 is 0.372 bits per heavy atom. The average Bonchev–Trinajstić information content (AvgIpc) is 1.14. The molecule has 6 heteroatoms. The molecule has 0 bridgehead atoms. The molecular formula is C80H42N4O2. The van der Waals surface area contributed by atoms with Gasteiger partial charge in [-0.2, -0.15) is 10.5 Å². The second kappa shape index (κ2) is 22.1. The third-order valence-electron chi connectivity index (χ3n) is 16.3. The molecule has 0 atom stereocenters. The maximum absolute atomic E-state index is 12.0. The summed E-state index contributed by atoms with van der Waals surface area (Å²) in [6.45, 7) is 2.04. The van der Waals surface area contributed by atoms with Gasteiger partial charge in [0.05, 0.1) is 4.92 Å². The maximum Gasteiger partial charge on any atom is 0.363 e. The molecule has 6 nitrogen and oxygen atoms in total. The standard InChI is InChI=1S/C80H42N4O2/c81-51-73(74(52-82)84(85)86)64-43-45-71-63(49-64)41-39-61-25-5-6-26-62-40-42-65-50-66(83-47-15-16-48-83)44-46-72(65)80(62)78-60(38-34-56-20-10-14-30-70(56)78)24-4-2-22-58-36-32-54-18-8-12-28-68(54)76(58)75-57(35-31-53-17-7-11-27-67(53)75)21-1-3-23-59-37-33-55-19-9-13-29-69(55)77(59)79(61)71/h7-14,17-20,27-46,49-50H,15-16,47-48H2/b74-73+,76-75?,79-77?,80-78?. The fourth-order valence-corrected chi connectivity index (χ4v) is 12.3. The van der Waals surface area contributed by atoms with Crippen LogP contribution in [0.1, 0.15) is 51.8 Å². The lowest BCUT2D eigenvalue weighted by molar-refractivity contribution is -0.416. The number of hydrogen-bond acceptors (Lipinski definition) is 5. The lowest BCUT2D eigenvalue weighted by Gasteiger charge is -2.20. The molecule has 0 aromatic heterocycles. The Morgan fingerprint density at radius 2 is 0.686 bits per heavy atom. The quantitative estimate of drug-likeness (QED) is 0.0760. The zero-order chi connectivity index (χ0) is 58.1. The topological polar surface area (TPSA) is 94.0 Å². The molecule has 0 N–H and O–H groups in total. The van der Waals surface area contributed by atoms with Gasteiger partial charge in [-0.3, -0.25) is 10.1 Å². The predicted octanol–water partition coefficient (Wildman–Crippen LogP) is 16.8. The number of hydrogen-bond donors (Lipinski definition) is 0. The van der Waals surface area contributed by atoms with E-state index in [4.69, 9.17) is 0 Å². The molecule has 12 aromatic rings. The first-order valence-corrected chi connectivity index (χ1v) is 28.1. The van der Waals surface area contributed by atoms with Crippen molar-refractivity contribution < 1.29 is 4.92 Å². The Balaban J connectivity index is 1.08. The van der Waals surface area contributed by atoms with Crippen LogP contribution in [0.15, 0.2) is 212 Å². The van der Waals surface area contributed by atoms with Crippen LogP contribution in [-0.2, 0) is 0 Å². The second-order valence-corrected chi connectivity index (χ2v) is 21.1. The molecule has 2 aliphatic rings. The Kier molecular flexibility index (Phi) is 13.3. The van der Waals surface area contributed by atoms with E-state index in [1.54, 1.807) is 18.2 Å². The molecule has 1 heterocycles. The van der Waals surface area contributed by atoms with E-state index in [2.05, 4.69) is 209 Å². The number of fused-ring (bicyclic) bond motifs is 21.